The van der Waals surface area contributed by atoms with E-state index in [2.05, 4.69) is 33.1 Å². The number of hydrogen-bond acceptors (Lipinski definition) is 6. The van der Waals surface area contributed by atoms with Gasteiger partial charge in [0, 0.05) is 31.2 Å². The first-order valence-electron chi connectivity index (χ1n) is 7.48. The van der Waals surface area contributed by atoms with E-state index in [1.165, 1.54) is 0 Å². The zero-order valence-corrected chi connectivity index (χ0v) is 13.9. The minimum atomic E-state index is 0.0720. The van der Waals surface area contributed by atoms with Crippen molar-refractivity contribution in [3.8, 4) is 6.07 Å². The molecule has 120 valence electrons. The van der Waals surface area contributed by atoms with Gasteiger partial charge in [-0.2, -0.15) is 10.2 Å². The van der Waals surface area contributed by atoms with Gasteiger partial charge in [-0.25, -0.2) is 0 Å². The van der Waals surface area contributed by atoms with E-state index in [-0.39, 0.29) is 6.04 Å². The Balaban J connectivity index is 1.76. The number of benzene rings is 1. The number of aromatic nitrogens is 2. The highest BCUT2D eigenvalue weighted by molar-refractivity contribution is 6.30. The molecule has 1 aromatic carbocycles. The standard InChI is InChI=1S/C16H18ClN5O/c1-11-19-16(23-20-11)15-10-22(6-5-21(15)2)9-12-3-4-14(17)7-13(12)8-18/h3-4,7,15H,5-6,9-10H2,1-2H3/t15-/m0/s1. The van der Waals surface area contributed by atoms with Crippen LogP contribution in [0.2, 0.25) is 5.02 Å². The Bertz CT molecular complexity index is 738. The van der Waals surface area contributed by atoms with E-state index in [1.54, 1.807) is 6.07 Å². The molecule has 2 heterocycles. The molecular formula is C16H18ClN5O. The first kappa shape index (κ1) is 15.9. The van der Waals surface area contributed by atoms with Crippen LogP contribution in [-0.2, 0) is 6.54 Å². The second-order valence-electron chi connectivity index (χ2n) is 5.82. The molecule has 0 unspecified atom stereocenters. The van der Waals surface area contributed by atoms with Crippen molar-refractivity contribution in [2.75, 3.05) is 26.7 Å². The van der Waals surface area contributed by atoms with Crippen molar-refractivity contribution in [2.45, 2.75) is 19.5 Å². The molecule has 23 heavy (non-hydrogen) atoms. The number of hydrogen-bond donors (Lipinski definition) is 0. The van der Waals surface area contributed by atoms with Gasteiger partial charge in [0.2, 0.25) is 5.89 Å². The maximum atomic E-state index is 9.28. The molecule has 1 saturated heterocycles. The highest BCUT2D eigenvalue weighted by Crippen LogP contribution is 2.25. The zero-order chi connectivity index (χ0) is 16.4. The molecule has 6 nitrogen and oxygen atoms in total. The number of nitriles is 1. The van der Waals surface area contributed by atoms with Crippen LogP contribution in [0.3, 0.4) is 0 Å². The smallest absolute Gasteiger partial charge is 0.245 e. The number of halogens is 1. The molecule has 0 amide bonds. The van der Waals surface area contributed by atoms with Crippen LogP contribution in [0.1, 0.15) is 28.9 Å². The fourth-order valence-corrected chi connectivity index (χ4v) is 2.99. The summed E-state index contributed by atoms with van der Waals surface area (Å²) in [6, 6.07) is 7.75. The largest absolute Gasteiger partial charge is 0.338 e. The van der Waals surface area contributed by atoms with Gasteiger partial charge in [-0.15, -0.1) is 0 Å². The average Bonchev–Trinajstić information content (AvgIpc) is 2.97. The highest BCUT2D eigenvalue weighted by atomic mass is 35.5. The summed E-state index contributed by atoms with van der Waals surface area (Å²) in [4.78, 5) is 8.87. The third-order valence-electron chi connectivity index (χ3n) is 4.15. The van der Waals surface area contributed by atoms with Crippen LogP contribution in [0, 0.1) is 18.3 Å². The Hall–Kier alpha value is -1.94. The molecule has 0 aliphatic carbocycles. The minimum Gasteiger partial charge on any atom is -0.338 e. The lowest BCUT2D eigenvalue weighted by Crippen LogP contribution is -2.46. The molecule has 7 heteroatoms. The van der Waals surface area contributed by atoms with E-state index in [0.29, 0.717) is 28.8 Å². The van der Waals surface area contributed by atoms with Crippen LogP contribution in [0.4, 0.5) is 0 Å². The van der Waals surface area contributed by atoms with Gasteiger partial charge in [0.25, 0.3) is 0 Å². The number of likely N-dealkylation sites (N-methyl/N-ethyl adjacent to an activating group) is 1. The minimum absolute atomic E-state index is 0.0720. The van der Waals surface area contributed by atoms with E-state index in [9.17, 15) is 5.26 Å². The number of piperazine rings is 1. The number of rotatable bonds is 3. The van der Waals surface area contributed by atoms with Crippen LogP contribution in [0.5, 0.6) is 0 Å². The lowest BCUT2D eigenvalue weighted by molar-refractivity contribution is 0.0714. The summed E-state index contributed by atoms with van der Waals surface area (Å²) in [5.74, 6) is 1.29. The van der Waals surface area contributed by atoms with Crippen LogP contribution < -0.4 is 0 Å². The van der Waals surface area contributed by atoms with E-state index < -0.39 is 0 Å². The fourth-order valence-electron chi connectivity index (χ4n) is 2.82. The highest BCUT2D eigenvalue weighted by Gasteiger charge is 2.30. The van der Waals surface area contributed by atoms with Gasteiger partial charge in [0.1, 0.15) is 6.04 Å². The van der Waals surface area contributed by atoms with Crippen molar-refractivity contribution in [3.63, 3.8) is 0 Å². The Kier molecular flexibility index (Phi) is 4.62. The van der Waals surface area contributed by atoms with E-state index >= 15 is 0 Å². The monoisotopic (exact) mass is 331 g/mol. The van der Waals surface area contributed by atoms with Gasteiger partial charge in [-0.1, -0.05) is 22.8 Å². The molecule has 1 fully saturated rings. The van der Waals surface area contributed by atoms with Crippen LogP contribution in [0.15, 0.2) is 22.7 Å². The van der Waals surface area contributed by atoms with E-state index in [4.69, 9.17) is 16.1 Å². The average molecular weight is 332 g/mol. The molecule has 2 aromatic rings. The summed E-state index contributed by atoms with van der Waals surface area (Å²) >= 11 is 5.96. The molecule has 0 N–H and O–H groups in total. The van der Waals surface area contributed by atoms with Crippen LogP contribution in [-0.4, -0.2) is 46.6 Å². The number of nitrogens with zero attached hydrogens (tertiary/aromatic N) is 5. The summed E-state index contributed by atoms with van der Waals surface area (Å²) in [6.07, 6.45) is 0. The second kappa shape index (κ2) is 6.67. The van der Waals surface area contributed by atoms with Gasteiger partial charge in [-0.3, -0.25) is 9.80 Å². The molecular weight excluding hydrogens is 314 g/mol. The predicted octanol–water partition coefficient (Wildman–Crippen LogP) is 2.39. The third-order valence-corrected chi connectivity index (χ3v) is 4.38. The summed E-state index contributed by atoms with van der Waals surface area (Å²) in [7, 11) is 2.06. The van der Waals surface area contributed by atoms with Gasteiger partial charge in [0.15, 0.2) is 5.82 Å². The Morgan fingerprint density at radius 1 is 1.43 bits per heavy atom. The molecule has 1 aromatic heterocycles. The predicted molar refractivity (Wildman–Crippen MR) is 85.9 cm³/mol. The fraction of sp³-hybridized carbons (Fsp3) is 0.438. The summed E-state index contributed by atoms with van der Waals surface area (Å²) in [5, 5.41) is 13.7. The van der Waals surface area contributed by atoms with Gasteiger partial charge < -0.3 is 4.52 Å². The maximum Gasteiger partial charge on any atom is 0.245 e. The Morgan fingerprint density at radius 3 is 2.96 bits per heavy atom. The zero-order valence-electron chi connectivity index (χ0n) is 13.2. The van der Waals surface area contributed by atoms with Crippen molar-refractivity contribution >= 4 is 11.6 Å². The molecule has 0 saturated carbocycles. The van der Waals surface area contributed by atoms with Crippen molar-refractivity contribution < 1.29 is 4.52 Å². The normalized spacial score (nSPS) is 19.7. The summed E-state index contributed by atoms with van der Waals surface area (Å²) < 4.78 is 5.33. The van der Waals surface area contributed by atoms with Crippen molar-refractivity contribution in [2.24, 2.45) is 0 Å². The Morgan fingerprint density at radius 2 is 2.26 bits per heavy atom. The van der Waals surface area contributed by atoms with Crippen molar-refractivity contribution in [1.82, 2.24) is 19.9 Å². The number of aryl methyl sites for hydroxylation is 1. The van der Waals surface area contributed by atoms with E-state index in [0.717, 1.165) is 25.2 Å². The lowest BCUT2D eigenvalue weighted by Gasteiger charge is -2.37. The van der Waals surface area contributed by atoms with Crippen molar-refractivity contribution in [3.05, 3.63) is 46.1 Å². The first-order chi connectivity index (χ1) is 11.1. The quantitative estimate of drug-likeness (QED) is 0.860. The second-order valence-corrected chi connectivity index (χ2v) is 6.26. The van der Waals surface area contributed by atoms with Gasteiger partial charge in [0.05, 0.1) is 11.6 Å². The third kappa shape index (κ3) is 3.53. The van der Waals surface area contributed by atoms with Crippen molar-refractivity contribution in [1.29, 1.82) is 5.26 Å². The molecule has 1 aliphatic heterocycles. The first-order valence-corrected chi connectivity index (χ1v) is 7.86. The Labute approximate surface area is 140 Å². The van der Waals surface area contributed by atoms with Crippen LogP contribution in [0.25, 0.3) is 0 Å². The maximum absolute atomic E-state index is 9.28. The van der Waals surface area contributed by atoms with Gasteiger partial charge >= 0.3 is 0 Å². The summed E-state index contributed by atoms with van der Waals surface area (Å²) in [6.45, 7) is 5.14. The molecule has 0 bridgehead atoms. The SMILES string of the molecule is Cc1noc([C@@H]2CN(Cc3ccc(Cl)cc3C#N)CCN2C)n1. The van der Waals surface area contributed by atoms with Crippen LogP contribution >= 0.6 is 11.6 Å². The molecule has 1 atom stereocenters. The summed E-state index contributed by atoms with van der Waals surface area (Å²) in [5.41, 5.74) is 1.61. The molecule has 0 radical (unpaired) electrons. The molecule has 0 spiro atoms. The van der Waals surface area contributed by atoms with E-state index in [1.807, 2.05) is 19.1 Å². The molecule has 3 rings (SSSR count). The van der Waals surface area contributed by atoms with Gasteiger partial charge in [-0.05, 0) is 31.7 Å². The topological polar surface area (TPSA) is 69.2 Å². The molecule has 1 aliphatic rings. The lowest BCUT2D eigenvalue weighted by atomic mass is 10.1.